The highest BCUT2D eigenvalue weighted by atomic mass is 32.2. The highest BCUT2D eigenvalue weighted by Gasteiger charge is 2.31. The average molecular weight is 519 g/mol. The molecule has 7 nitrogen and oxygen atoms in total. The van der Waals surface area contributed by atoms with Crippen LogP contribution in [0.3, 0.4) is 0 Å². The van der Waals surface area contributed by atoms with Crippen LogP contribution in [-0.4, -0.2) is 43.5 Å². The molecule has 0 spiro atoms. The van der Waals surface area contributed by atoms with Crippen LogP contribution in [-0.2, 0) is 9.53 Å². The summed E-state index contributed by atoms with van der Waals surface area (Å²) < 4.78 is 50.7. The summed E-state index contributed by atoms with van der Waals surface area (Å²) in [6, 6.07) is 17.5. The van der Waals surface area contributed by atoms with E-state index in [0.717, 1.165) is 23.9 Å². The van der Waals surface area contributed by atoms with Gasteiger partial charge in [0.2, 0.25) is 5.91 Å². The van der Waals surface area contributed by atoms with Gasteiger partial charge >= 0.3 is 12.3 Å². The molecule has 3 aromatic carbocycles. The van der Waals surface area contributed by atoms with Crippen LogP contribution in [0.25, 0.3) is 0 Å². The second kappa shape index (κ2) is 12.1. The van der Waals surface area contributed by atoms with E-state index in [1.54, 1.807) is 42.5 Å². The van der Waals surface area contributed by atoms with Crippen molar-refractivity contribution < 1.29 is 41.8 Å². The molecule has 0 saturated heterocycles. The number of esters is 1. The quantitative estimate of drug-likeness (QED) is 0.219. The maximum absolute atomic E-state index is 12.6. The summed E-state index contributed by atoms with van der Waals surface area (Å²) in [5, 5.41) is 2.55. The van der Waals surface area contributed by atoms with Crippen molar-refractivity contribution in [3.8, 4) is 11.5 Å². The Morgan fingerprint density at radius 2 is 1.53 bits per heavy atom. The average Bonchev–Trinajstić information content (AvgIpc) is 2.86. The first-order chi connectivity index (χ1) is 17.1. The van der Waals surface area contributed by atoms with Crippen LogP contribution >= 0.6 is 11.8 Å². The number of thioether (sulfide) groups is 1. The third-order valence-electron chi connectivity index (χ3n) is 4.58. The van der Waals surface area contributed by atoms with Crippen LogP contribution in [0.5, 0.6) is 11.5 Å². The van der Waals surface area contributed by atoms with E-state index in [1.165, 1.54) is 25.3 Å². The fraction of sp³-hybridized carbons (Fsp3) is 0.160. The summed E-state index contributed by atoms with van der Waals surface area (Å²) in [7, 11) is 1.51. The van der Waals surface area contributed by atoms with E-state index < -0.39 is 30.6 Å². The van der Waals surface area contributed by atoms with Gasteiger partial charge in [0.25, 0.3) is 0 Å². The molecule has 0 aliphatic heterocycles. The number of anilines is 1. The number of hydrogen-bond acceptors (Lipinski definition) is 7. The molecule has 1 N–H and O–H groups in total. The number of amides is 1. The van der Waals surface area contributed by atoms with Crippen LogP contribution in [0, 0.1) is 0 Å². The summed E-state index contributed by atoms with van der Waals surface area (Å²) in [5.74, 6) is -1.46. The first kappa shape index (κ1) is 26.6. The molecule has 0 unspecified atom stereocenters. The molecule has 1 amide bonds. The Morgan fingerprint density at radius 3 is 2.17 bits per heavy atom. The third kappa shape index (κ3) is 8.05. The Hall–Kier alpha value is -3.99. The van der Waals surface area contributed by atoms with Gasteiger partial charge in [0.05, 0.1) is 18.4 Å². The number of methoxy groups -OCH3 is 1. The van der Waals surface area contributed by atoms with Crippen LogP contribution in [0.1, 0.15) is 20.7 Å². The largest absolute Gasteiger partial charge is 0.573 e. The standard InChI is InChI=1S/C25H20F3NO6S/c1-33-18-10-6-16(7-11-18)21(30)14-34-24(32)20-4-2-3-5-22(20)36-15-23(31)29-17-8-12-19(13-9-17)35-25(26,27)28/h2-13H,14-15H2,1H3,(H,29,31). The second-order valence-electron chi connectivity index (χ2n) is 7.13. The van der Waals surface area contributed by atoms with Crippen LogP contribution < -0.4 is 14.8 Å². The molecular weight excluding hydrogens is 499 g/mol. The Bertz CT molecular complexity index is 1210. The predicted molar refractivity (Wildman–Crippen MR) is 127 cm³/mol. The topological polar surface area (TPSA) is 90.9 Å². The van der Waals surface area contributed by atoms with Crippen LogP contribution in [0.15, 0.2) is 77.7 Å². The highest BCUT2D eigenvalue weighted by Crippen LogP contribution is 2.26. The lowest BCUT2D eigenvalue weighted by molar-refractivity contribution is -0.274. The maximum Gasteiger partial charge on any atom is 0.573 e. The van der Waals surface area contributed by atoms with Gasteiger partial charge in [0.1, 0.15) is 11.5 Å². The molecule has 0 aliphatic rings. The van der Waals surface area contributed by atoms with Gasteiger partial charge in [-0.15, -0.1) is 24.9 Å². The number of alkyl halides is 3. The van der Waals surface area contributed by atoms with E-state index in [-0.39, 0.29) is 22.8 Å². The summed E-state index contributed by atoms with van der Waals surface area (Å²) in [6.45, 7) is -0.460. The van der Waals surface area contributed by atoms with Crippen LogP contribution in [0.2, 0.25) is 0 Å². The van der Waals surface area contributed by atoms with Gasteiger partial charge < -0.3 is 19.5 Å². The molecule has 0 bridgehead atoms. The molecule has 36 heavy (non-hydrogen) atoms. The Balaban J connectivity index is 1.53. The normalized spacial score (nSPS) is 10.9. The van der Waals surface area contributed by atoms with Gasteiger partial charge in [-0.25, -0.2) is 4.79 Å². The van der Waals surface area contributed by atoms with Crippen molar-refractivity contribution in [2.24, 2.45) is 0 Å². The third-order valence-corrected chi connectivity index (χ3v) is 5.66. The maximum atomic E-state index is 12.6. The van der Waals surface area contributed by atoms with Crippen molar-refractivity contribution in [2.45, 2.75) is 11.3 Å². The zero-order valence-electron chi connectivity index (χ0n) is 18.8. The Labute approximate surface area is 208 Å². The number of benzene rings is 3. The Kier molecular flexibility index (Phi) is 8.96. The van der Waals surface area contributed by atoms with Crippen molar-refractivity contribution in [3.05, 3.63) is 83.9 Å². The lowest BCUT2D eigenvalue weighted by Crippen LogP contribution is -2.17. The Morgan fingerprint density at radius 1 is 0.889 bits per heavy atom. The van der Waals surface area contributed by atoms with Gasteiger partial charge in [-0.2, -0.15) is 0 Å². The molecular formula is C25H20F3NO6S. The molecule has 0 aliphatic carbocycles. The molecule has 0 radical (unpaired) electrons. The molecule has 3 aromatic rings. The molecule has 0 saturated carbocycles. The first-order valence-corrected chi connectivity index (χ1v) is 11.3. The fourth-order valence-electron chi connectivity index (χ4n) is 2.91. The van der Waals surface area contributed by atoms with Crippen molar-refractivity contribution in [1.82, 2.24) is 0 Å². The van der Waals surface area contributed by atoms with E-state index in [0.29, 0.717) is 16.2 Å². The first-order valence-electron chi connectivity index (χ1n) is 10.4. The monoisotopic (exact) mass is 519 g/mol. The minimum atomic E-state index is -4.81. The number of halogens is 3. The number of carbonyl (C=O) groups is 3. The van der Waals surface area contributed by atoms with E-state index >= 15 is 0 Å². The lowest BCUT2D eigenvalue weighted by atomic mass is 10.1. The summed E-state index contributed by atoms with van der Waals surface area (Å²) in [6.07, 6.45) is -4.81. The second-order valence-corrected chi connectivity index (χ2v) is 8.15. The molecule has 188 valence electrons. The highest BCUT2D eigenvalue weighted by molar-refractivity contribution is 8.00. The summed E-state index contributed by atoms with van der Waals surface area (Å²) in [5.41, 5.74) is 0.826. The molecule has 11 heteroatoms. The van der Waals surface area contributed by atoms with Crippen LogP contribution in [0.4, 0.5) is 18.9 Å². The number of Topliss-reactive ketones (excluding diaryl/α,β-unsaturated/α-hetero) is 1. The molecule has 0 fully saturated rings. The number of ketones is 1. The zero-order valence-corrected chi connectivity index (χ0v) is 19.7. The van der Waals surface area contributed by atoms with Gasteiger partial charge in [-0.3, -0.25) is 9.59 Å². The van der Waals surface area contributed by atoms with Gasteiger partial charge in [0.15, 0.2) is 12.4 Å². The van der Waals surface area contributed by atoms with E-state index in [4.69, 9.17) is 9.47 Å². The van der Waals surface area contributed by atoms with Crippen molar-refractivity contribution in [1.29, 1.82) is 0 Å². The van der Waals surface area contributed by atoms with E-state index in [1.807, 2.05) is 0 Å². The zero-order chi connectivity index (χ0) is 26.1. The molecule has 0 heterocycles. The van der Waals surface area contributed by atoms with E-state index in [9.17, 15) is 27.6 Å². The predicted octanol–water partition coefficient (Wildman–Crippen LogP) is 5.36. The van der Waals surface area contributed by atoms with Crippen molar-refractivity contribution >= 4 is 35.1 Å². The minimum Gasteiger partial charge on any atom is -0.497 e. The molecule has 0 aromatic heterocycles. The molecule has 3 rings (SSSR count). The van der Waals surface area contributed by atoms with Crippen molar-refractivity contribution in [2.75, 3.05) is 24.8 Å². The lowest BCUT2D eigenvalue weighted by Gasteiger charge is -2.11. The summed E-state index contributed by atoms with van der Waals surface area (Å²) in [4.78, 5) is 37.6. The molecule has 0 atom stereocenters. The fourth-order valence-corrected chi connectivity index (χ4v) is 3.75. The number of hydrogen-bond donors (Lipinski definition) is 1. The van der Waals surface area contributed by atoms with Gasteiger partial charge in [0, 0.05) is 16.1 Å². The number of nitrogens with one attached hydrogen (secondary N) is 1. The minimum absolute atomic E-state index is 0.0874. The number of carbonyl (C=O) groups excluding carboxylic acids is 3. The van der Waals surface area contributed by atoms with E-state index in [2.05, 4.69) is 10.1 Å². The van der Waals surface area contributed by atoms with Crippen molar-refractivity contribution in [3.63, 3.8) is 0 Å². The SMILES string of the molecule is COc1ccc(C(=O)COC(=O)c2ccccc2SCC(=O)Nc2ccc(OC(F)(F)F)cc2)cc1. The summed E-state index contributed by atoms with van der Waals surface area (Å²) >= 11 is 1.06. The smallest absolute Gasteiger partial charge is 0.497 e. The van der Waals surface area contributed by atoms with Gasteiger partial charge in [-0.05, 0) is 60.7 Å². The number of ether oxygens (including phenoxy) is 3. The van der Waals surface area contributed by atoms with Gasteiger partial charge in [-0.1, -0.05) is 12.1 Å². The number of rotatable bonds is 10.